The number of urea groups is 1. The monoisotopic (exact) mass is 257 g/mol. The van der Waals surface area contributed by atoms with Crippen LogP contribution in [0.15, 0.2) is 0 Å². The average molecular weight is 257 g/mol. The van der Waals surface area contributed by atoms with Gasteiger partial charge in [-0.3, -0.25) is 4.79 Å². The standard InChI is InChI=1S/C12H23N3O3/c1-4-15-7-5-10(6-8-15)14(3)12(18)13-9(2)11(16)17/h9-10H,4-8H2,1-3H3,(H,13,18)(H,16,17)/t9-/m1/s1. The second kappa shape index (κ2) is 6.58. The Labute approximate surface area is 108 Å². The van der Waals surface area contributed by atoms with Crippen LogP contribution in [0.1, 0.15) is 26.7 Å². The van der Waals surface area contributed by atoms with Gasteiger partial charge in [-0.1, -0.05) is 6.92 Å². The first-order chi connectivity index (χ1) is 8.45. The van der Waals surface area contributed by atoms with Crippen molar-refractivity contribution < 1.29 is 14.7 Å². The third-order valence-electron chi connectivity index (χ3n) is 3.58. The number of carbonyl (C=O) groups is 2. The number of hydrogen-bond donors (Lipinski definition) is 2. The molecule has 1 saturated heterocycles. The van der Waals surface area contributed by atoms with Crippen molar-refractivity contribution in [3.63, 3.8) is 0 Å². The third kappa shape index (κ3) is 3.87. The Morgan fingerprint density at radius 3 is 2.44 bits per heavy atom. The number of carboxylic acids is 1. The predicted octanol–water partition coefficient (Wildman–Crippen LogP) is 0.585. The van der Waals surface area contributed by atoms with E-state index < -0.39 is 12.0 Å². The Hall–Kier alpha value is -1.30. The summed E-state index contributed by atoms with van der Waals surface area (Å²) in [6.45, 7) is 6.62. The fourth-order valence-electron chi connectivity index (χ4n) is 2.14. The van der Waals surface area contributed by atoms with Crippen LogP contribution in [0, 0.1) is 0 Å². The van der Waals surface area contributed by atoms with Crippen LogP contribution in [0.3, 0.4) is 0 Å². The fraction of sp³-hybridized carbons (Fsp3) is 0.833. The minimum atomic E-state index is -1.02. The molecule has 1 fully saturated rings. The highest BCUT2D eigenvalue weighted by molar-refractivity contribution is 5.82. The minimum Gasteiger partial charge on any atom is -0.480 e. The normalized spacial score (nSPS) is 19.3. The molecular formula is C12H23N3O3. The van der Waals surface area contributed by atoms with Crippen molar-refractivity contribution in [2.75, 3.05) is 26.7 Å². The number of likely N-dealkylation sites (tertiary alicyclic amines) is 1. The van der Waals surface area contributed by atoms with E-state index >= 15 is 0 Å². The highest BCUT2D eigenvalue weighted by Crippen LogP contribution is 2.15. The molecule has 1 rings (SSSR count). The molecule has 2 N–H and O–H groups in total. The van der Waals surface area contributed by atoms with E-state index in [1.165, 1.54) is 6.92 Å². The molecule has 18 heavy (non-hydrogen) atoms. The van der Waals surface area contributed by atoms with E-state index in [1.54, 1.807) is 11.9 Å². The van der Waals surface area contributed by atoms with E-state index in [0.717, 1.165) is 32.5 Å². The summed E-state index contributed by atoms with van der Waals surface area (Å²) in [5, 5.41) is 11.2. The second-order valence-corrected chi connectivity index (χ2v) is 4.79. The van der Waals surface area contributed by atoms with Crippen LogP contribution in [0.5, 0.6) is 0 Å². The van der Waals surface area contributed by atoms with Crippen LogP contribution in [0.25, 0.3) is 0 Å². The van der Waals surface area contributed by atoms with Crippen LogP contribution in [0.4, 0.5) is 4.79 Å². The van der Waals surface area contributed by atoms with Crippen LogP contribution in [-0.2, 0) is 4.79 Å². The van der Waals surface area contributed by atoms with Crippen LogP contribution in [0.2, 0.25) is 0 Å². The molecule has 0 radical (unpaired) electrons. The topological polar surface area (TPSA) is 72.9 Å². The summed E-state index contributed by atoms with van der Waals surface area (Å²) in [6, 6.07) is -0.954. The predicted molar refractivity (Wildman–Crippen MR) is 68.5 cm³/mol. The van der Waals surface area contributed by atoms with Crippen LogP contribution in [-0.4, -0.2) is 65.7 Å². The van der Waals surface area contributed by atoms with Gasteiger partial charge in [0.25, 0.3) is 0 Å². The summed E-state index contributed by atoms with van der Waals surface area (Å²) in [6.07, 6.45) is 1.89. The Morgan fingerprint density at radius 2 is 2.00 bits per heavy atom. The minimum absolute atomic E-state index is 0.203. The van der Waals surface area contributed by atoms with Crippen molar-refractivity contribution in [1.29, 1.82) is 0 Å². The third-order valence-corrected chi connectivity index (χ3v) is 3.58. The maximum absolute atomic E-state index is 11.8. The molecule has 0 unspecified atom stereocenters. The maximum atomic E-state index is 11.8. The Morgan fingerprint density at radius 1 is 1.44 bits per heavy atom. The lowest BCUT2D eigenvalue weighted by atomic mass is 10.0. The van der Waals surface area contributed by atoms with Gasteiger partial charge in [0.1, 0.15) is 6.04 Å². The first-order valence-electron chi connectivity index (χ1n) is 6.44. The first-order valence-corrected chi connectivity index (χ1v) is 6.44. The van der Waals surface area contributed by atoms with Crippen molar-refractivity contribution in [2.24, 2.45) is 0 Å². The molecule has 1 atom stereocenters. The summed E-state index contributed by atoms with van der Waals surface area (Å²) in [5.41, 5.74) is 0. The number of hydrogen-bond acceptors (Lipinski definition) is 3. The number of aliphatic carboxylic acids is 1. The van der Waals surface area contributed by atoms with Gasteiger partial charge in [0.2, 0.25) is 0 Å². The van der Waals surface area contributed by atoms with Gasteiger partial charge in [-0.05, 0) is 26.3 Å². The smallest absolute Gasteiger partial charge is 0.325 e. The van der Waals surface area contributed by atoms with E-state index in [2.05, 4.69) is 17.1 Å². The fourth-order valence-corrected chi connectivity index (χ4v) is 2.14. The molecule has 0 bridgehead atoms. The number of carboxylic acid groups (broad SMARTS) is 1. The summed E-state index contributed by atoms with van der Waals surface area (Å²) >= 11 is 0. The summed E-state index contributed by atoms with van der Waals surface area (Å²) in [5.74, 6) is -1.02. The van der Waals surface area contributed by atoms with Gasteiger partial charge in [0.05, 0.1) is 0 Å². The molecule has 1 aliphatic heterocycles. The van der Waals surface area contributed by atoms with E-state index in [4.69, 9.17) is 5.11 Å². The molecule has 0 aromatic carbocycles. The highest BCUT2D eigenvalue weighted by atomic mass is 16.4. The summed E-state index contributed by atoms with van der Waals surface area (Å²) in [4.78, 5) is 26.5. The average Bonchev–Trinajstić information content (AvgIpc) is 2.37. The molecular weight excluding hydrogens is 234 g/mol. The van der Waals surface area contributed by atoms with E-state index in [1.807, 2.05) is 0 Å². The molecule has 0 spiro atoms. The van der Waals surface area contributed by atoms with Crippen LogP contribution >= 0.6 is 0 Å². The van der Waals surface area contributed by atoms with Gasteiger partial charge in [0.15, 0.2) is 0 Å². The number of piperidine rings is 1. The number of rotatable bonds is 4. The van der Waals surface area contributed by atoms with Gasteiger partial charge in [-0.15, -0.1) is 0 Å². The van der Waals surface area contributed by atoms with Crippen molar-refractivity contribution in [3.05, 3.63) is 0 Å². The Balaban J connectivity index is 2.42. The first kappa shape index (κ1) is 14.8. The molecule has 0 aromatic heterocycles. The second-order valence-electron chi connectivity index (χ2n) is 4.79. The van der Waals surface area contributed by atoms with E-state index in [-0.39, 0.29) is 12.1 Å². The number of carbonyl (C=O) groups excluding carboxylic acids is 1. The molecule has 6 nitrogen and oxygen atoms in total. The highest BCUT2D eigenvalue weighted by Gasteiger charge is 2.26. The molecule has 0 aromatic rings. The molecule has 1 aliphatic rings. The summed E-state index contributed by atoms with van der Waals surface area (Å²) in [7, 11) is 1.73. The van der Waals surface area contributed by atoms with E-state index in [0.29, 0.717) is 0 Å². The van der Waals surface area contributed by atoms with Crippen molar-refractivity contribution in [3.8, 4) is 0 Å². The maximum Gasteiger partial charge on any atom is 0.325 e. The molecule has 0 aliphatic carbocycles. The Bertz CT molecular complexity index is 301. The van der Waals surface area contributed by atoms with Crippen molar-refractivity contribution >= 4 is 12.0 Å². The lowest BCUT2D eigenvalue weighted by Crippen LogP contribution is -2.51. The zero-order valence-electron chi connectivity index (χ0n) is 11.3. The van der Waals surface area contributed by atoms with Gasteiger partial charge in [-0.25, -0.2) is 4.79 Å². The number of nitrogens with one attached hydrogen (secondary N) is 1. The largest absolute Gasteiger partial charge is 0.480 e. The quantitative estimate of drug-likeness (QED) is 0.773. The van der Waals surface area contributed by atoms with Gasteiger partial charge in [-0.2, -0.15) is 0 Å². The Kier molecular flexibility index (Phi) is 5.40. The molecule has 1 heterocycles. The molecule has 6 heteroatoms. The van der Waals surface area contributed by atoms with Gasteiger partial charge in [0, 0.05) is 26.2 Å². The van der Waals surface area contributed by atoms with Crippen molar-refractivity contribution in [1.82, 2.24) is 15.1 Å². The van der Waals surface area contributed by atoms with Crippen molar-refractivity contribution in [2.45, 2.75) is 38.8 Å². The number of amides is 2. The number of nitrogens with zero attached hydrogens (tertiary/aromatic N) is 2. The molecule has 0 saturated carbocycles. The van der Waals surface area contributed by atoms with Gasteiger partial charge < -0.3 is 20.2 Å². The molecule has 104 valence electrons. The van der Waals surface area contributed by atoms with E-state index in [9.17, 15) is 9.59 Å². The lowest BCUT2D eigenvalue weighted by molar-refractivity contribution is -0.138. The van der Waals surface area contributed by atoms with Crippen LogP contribution < -0.4 is 5.32 Å². The van der Waals surface area contributed by atoms with Gasteiger partial charge >= 0.3 is 12.0 Å². The molecule has 2 amide bonds. The zero-order valence-corrected chi connectivity index (χ0v) is 11.3. The zero-order chi connectivity index (χ0) is 13.7. The lowest BCUT2D eigenvalue weighted by Gasteiger charge is -2.36. The SMILES string of the molecule is CCN1CCC(N(C)C(=O)N[C@H](C)C(=O)O)CC1. The summed E-state index contributed by atoms with van der Waals surface area (Å²) < 4.78 is 0.